The number of rotatable bonds is 1. The van der Waals surface area contributed by atoms with E-state index < -0.39 is 5.60 Å². The van der Waals surface area contributed by atoms with Gasteiger partial charge >= 0.3 is 0 Å². The van der Waals surface area contributed by atoms with Crippen molar-refractivity contribution in [2.24, 2.45) is 5.92 Å². The van der Waals surface area contributed by atoms with Crippen molar-refractivity contribution < 1.29 is 9.53 Å². The van der Waals surface area contributed by atoms with Crippen LogP contribution >= 0.6 is 0 Å². The highest BCUT2D eigenvalue weighted by molar-refractivity contribution is 5.88. The highest BCUT2D eigenvalue weighted by atomic mass is 16.5. The molecule has 3 atom stereocenters. The van der Waals surface area contributed by atoms with E-state index >= 15 is 0 Å². The van der Waals surface area contributed by atoms with E-state index in [0.717, 1.165) is 25.7 Å². The standard InChI is InChI=1S/C11H18O2/c1-4-10(2)8-5-6-11(3,13-10)9(12)7-8/h8H,4-7H2,1-3H3/t8-,10+,11+/m1/s1. The monoisotopic (exact) mass is 182 g/mol. The van der Waals surface area contributed by atoms with Crippen LogP contribution in [-0.2, 0) is 9.53 Å². The van der Waals surface area contributed by atoms with Crippen molar-refractivity contribution >= 4 is 5.78 Å². The summed E-state index contributed by atoms with van der Waals surface area (Å²) in [5.74, 6) is 0.779. The Labute approximate surface area is 79.7 Å². The molecule has 2 aliphatic heterocycles. The molecule has 0 aromatic rings. The van der Waals surface area contributed by atoms with E-state index in [1.807, 2.05) is 6.92 Å². The van der Waals surface area contributed by atoms with E-state index in [1.165, 1.54) is 0 Å². The molecule has 0 aromatic carbocycles. The number of ketones is 1. The zero-order chi connectivity index (χ0) is 9.69. The van der Waals surface area contributed by atoms with Gasteiger partial charge in [-0.1, -0.05) is 6.92 Å². The summed E-state index contributed by atoms with van der Waals surface area (Å²) < 4.78 is 5.97. The van der Waals surface area contributed by atoms with E-state index in [1.54, 1.807) is 0 Å². The van der Waals surface area contributed by atoms with E-state index in [2.05, 4.69) is 13.8 Å². The van der Waals surface area contributed by atoms with Gasteiger partial charge in [-0.2, -0.15) is 0 Å². The Morgan fingerprint density at radius 1 is 1.54 bits per heavy atom. The van der Waals surface area contributed by atoms with Gasteiger partial charge in [0, 0.05) is 6.42 Å². The van der Waals surface area contributed by atoms with Gasteiger partial charge in [-0.05, 0) is 39.0 Å². The predicted octanol–water partition coefficient (Wildman–Crippen LogP) is 2.31. The molecule has 3 rings (SSSR count). The molecule has 0 N–H and O–H groups in total. The van der Waals surface area contributed by atoms with Crippen molar-refractivity contribution in [1.82, 2.24) is 0 Å². The lowest BCUT2D eigenvalue weighted by molar-refractivity contribution is -0.227. The maximum atomic E-state index is 11.7. The van der Waals surface area contributed by atoms with Gasteiger partial charge in [0.2, 0.25) is 0 Å². The highest BCUT2D eigenvalue weighted by Crippen LogP contribution is 2.48. The van der Waals surface area contributed by atoms with Crippen molar-refractivity contribution in [3.63, 3.8) is 0 Å². The largest absolute Gasteiger partial charge is 0.361 e. The van der Waals surface area contributed by atoms with Gasteiger partial charge in [-0.3, -0.25) is 4.79 Å². The lowest BCUT2D eigenvalue weighted by Crippen LogP contribution is -2.60. The Hall–Kier alpha value is -0.370. The van der Waals surface area contributed by atoms with Gasteiger partial charge in [0.1, 0.15) is 5.60 Å². The fourth-order valence-corrected chi connectivity index (χ4v) is 2.72. The van der Waals surface area contributed by atoms with Crippen LogP contribution in [0, 0.1) is 5.92 Å². The van der Waals surface area contributed by atoms with E-state index in [-0.39, 0.29) is 5.60 Å². The first-order valence-electron chi connectivity index (χ1n) is 5.24. The third-order valence-electron chi connectivity index (χ3n) is 4.02. The topological polar surface area (TPSA) is 26.3 Å². The summed E-state index contributed by atoms with van der Waals surface area (Å²) in [6.07, 6.45) is 3.83. The smallest absolute Gasteiger partial charge is 0.164 e. The summed E-state index contributed by atoms with van der Waals surface area (Å²) in [7, 11) is 0. The molecule has 2 nitrogen and oxygen atoms in total. The maximum Gasteiger partial charge on any atom is 0.164 e. The first-order valence-corrected chi connectivity index (χ1v) is 5.24. The van der Waals surface area contributed by atoms with Crippen LogP contribution in [0.3, 0.4) is 0 Å². The summed E-state index contributed by atoms with van der Waals surface area (Å²) in [6, 6.07) is 0. The number of carbonyl (C=O) groups is 1. The summed E-state index contributed by atoms with van der Waals surface area (Å²) in [5.41, 5.74) is -0.500. The molecule has 2 saturated heterocycles. The van der Waals surface area contributed by atoms with Crippen molar-refractivity contribution in [3.05, 3.63) is 0 Å². The van der Waals surface area contributed by atoms with Gasteiger partial charge in [-0.25, -0.2) is 0 Å². The average Bonchev–Trinajstić information content (AvgIpc) is 2.08. The zero-order valence-electron chi connectivity index (χ0n) is 8.72. The lowest BCUT2D eigenvalue weighted by atomic mass is 9.67. The quantitative estimate of drug-likeness (QED) is 0.622. The second kappa shape index (κ2) is 2.57. The number of hydrogen-bond donors (Lipinski definition) is 0. The van der Waals surface area contributed by atoms with Crippen molar-refractivity contribution in [3.8, 4) is 0 Å². The molecule has 13 heavy (non-hydrogen) atoms. The second-order valence-corrected chi connectivity index (χ2v) is 4.86. The van der Waals surface area contributed by atoms with Gasteiger partial charge < -0.3 is 4.74 Å². The molecule has 2 bridgehead atoms. The summed E-state index contributed by atoms with van der Waals surface area (Å²) in [4.78, 5) is 11.7. The molecule has 1 saturated carbocycles. The Morgan fingerprint density at radius 2 is 2.23 bits per heavy atom. The normalized spacial score (nSPS) is 49.8. The van der Waals surface area contributed by atoms with Crippen LogP contribution in [0.15, 0.2) is 0 Å². The highest BCUT2D eigenvalue weighted by Gasteiger charge is 2.54. The Bertz CT molecular complexity index is 248. The number of fused-ring (bicyclic) bond motifs is 3. The van der Waals surface area contributed by atoms with Gasteiger partial charge in [0.15, 0.2) is 5.78 Å². The number of hydrogen-bond acceptors (Lipinski definition) is 2. The molecule has 0 unspecified atom stereocenters. The number of carbonyl (C=O) groups excluding carboxylic acids is 1. The Morgan fingerprint density at radius 3 is 2.69 bits per heavy atom. The molecule has 3 aliphatic rings. The fourth-order valence-electron chi connectivity index (χ4n) is 2.72. The molecule has 3 fully saturated rings. The summed E-state index contributed by atoms with van der Waals surface area (Å²) in [5, 5.41) is 0. The van der Waals surface area contributed by atoms with Crippen LogP contribution in [0.1, 0.15) is 46.5 Å². The van der Waals surface area contributed by atoms with Crippen LogP contribution in [0.2, 0.25) is 0 Å². The molecular weight excluding hydrogens is 164 g/mol. The van der Waals surface area contributed by atoms with Crippen molar-refractivity contribution in [2.75, 3.05) is 0 Å². The molecule has 0 radical (unpaired) electrons. The zero-order valence-corrected chi connectivity index (χ0v) is 8.72. The van der Waals surface area contributed by atoms with Crippen LogP contribution in [0.25, 0.3) is 0 Å². The third kappa shape index (κ3) is 1.15. The van der Waals surface area contributed by atoms with Crippen molar-refractivity contribution in [2.45, 2.75) is 57.7 Å². The minimum Gasteiger partial charge on any atom is -0.361 e. The molecule has 1 aliphatic carbocycles. The fraction of sp³-hybridized carbons (Fsp3) is 0.909. The molecule has 74 valence electrons. The molecular formula is C11H18O2. The van der Waals surface area contributed by atoms with Gasteiger partial charge in [0.25, 0.3) is 0 Å². The Kier molecular flexibility index (Phi) is 1.82. The minimum absolute atomic E-state index is 0.0408. The van der Waals surface area contributed by atoms with Crippen LogP contribution in [-0.4, -0.2) is 17.0 Å². The summed E-state index contributed by atoms with van der Waals surface area (Å²) in [6.45, 7) is 6.26. The van der Waals surface area contributed by atoms with E-state index in [0.29, 0.717) is 11.7 Å². The first-order chi connectivity index (χ1) is 6.00. The molecule has 2 heteroatoms. The third-order valence-corrected chi connectivity index (χ3v) is 4.02. The molecule has 0 aromatic heterocycles. The second-order valence-electron chi connectivity index (χ2n) is 4.86. The number of ether oxygens (including phenoxy) is 1. The average molecular weight is 182 g/mol. The minimum atomic E-state index is -0.459. The van der Waals surface area contributed by atoms with Crippen LogP contribution in [0.5, 0.6) is 0 Å². The summed E-state index contributed by atoms with van der Waals surface area (Å²) >= 11 is 0. The van der Waals surface area contributed by atoms with E-state index in [4.69, 9.17) is 4.74 Å². The predicted molar refractivity (Wildman–Crippen MR) is 50.5 cm³/mol. The molecule has 0 amide bonds. The van der Waals surface area contributed by atoms with Crippen LogP contribution in [0.4, 0.5) is 0 Å². The van der Waals surface area contributed by atoms with Gasteiger partial charge in [0.05, 0.1) is 5.60 Å². The van der Waals surface area contributed by atoms with Crippen molar-refractivity contribution in [1.29, 1.82) is 0 Å². The Balaban J connectivity index is 2.30. The van der Waals surface area contributed by atoms with Gasteiger partial charge in [-0.15, -0.1) is 0 Å². The van der Waals surface area contributed by atoms with Crippen LogP contribution < -0.4 is 0 Å². The number of Topliss-reactive ketones (excluding diaryl/α,β-unsaturated/α-hetero) is 1. The lowest BCUT2D eigenvalue weighted by Gasteiger charge is -2.53. The SMILES string of the molecule is CC[C@]1(C)O[C@@]2(C)CC[C@@H]1CC2=O. The maximum absolute atomic E-state index is 11.7. The molecule has 0 spiro atoms. The molecule has 2 heterocycles. The van der Waals surface area contributed by atoms with E-state index in [9.17, 15) is 4.79 Å². The first kappa shape index (κ1) is 9.20.